The normalized spacial score (nSPS) is 29.5. The van der Waals surface area contributed by atoms with Crippen LogP contribution in [0.2, 0.25) is 0 Å². The van der Waals surface area contributed by atoms with Crippen molar-refractivity contribution in [1.82, 2.24) is 9.55 Å². The molecule has 0 bridgehead atoms. The lowest BCUT2D eigenvalue weighted by molar-refractivity contribution is 0.129. The fraction of sp³-hybridized carbons (Fsp3) is 0.800. The Hall–Kier alpha value is -0.830. The largest absolute Gasteiger partial charge is 0.330 e. The first-order chi connectivity index (χ1) is 8.43. The van der Waals surface area contributed by atoms with Crippen molar-refractivity contribution in [2.24, 2.45) is 17.1 Å². The molecule has 0 aromatic carbocycles. The van der Waals surface area contributed by atoms with E-state index in [9.17, 15) is 0 Å². The molecule has 1 aromatic rings. The number of aryl methyl sites for hydroxylation is 1. The van der Waals surface area contributed by atoms with Gasteiger partial charge < -0.3 is 10.3 Å². The molecule has 0 amide bonds. The van der Waals surface area contributed by atoms with E-state index < -0.39 is 0 Å². The van der Waals surface area contributed by atoms with Crippen LogP contribution in [0.15, 0.2) is 12.4 Å². The first-order valence-corrected chi connectivity index (χ1v) is 7.20. The second kappa shape index (κ2) is 5.04. The summed E-state index contributed by atoms with van der Waals surface area (Å²) in [5.41, 5.74) is 6.73. The molecule has 0 aliphatic heterocycles. The molecule has 102 valence electrons. The topological polar surface area (TPSA) is 43.8 Å². The van der Waals surface area contributed by atoms with Crippen LogP contribution in [-0.4, -0.2) is 15.6 Å². The summed E-state index contributed by atoms with van der Waals surface area (Å²) < 4.78 is 2.32. The summed E-state index contributed by atoms with van der Waals surface area (Å²) in [6.07, 6.45) is 8.58. The zero-order valence-corrected chi connectivity index (χ0v) is 12.2. The van der Waals surface area contributed by atoms with Crippen LogP contribution >= 0.6 is 0 Å². The van der Waals surface area contributed by atoms with E-state index in [1.807, 2.05) is 6.20 Å². The second-order valence-corrected chi connectivity index (χ2v) is 6.71. The molecule has 2 rings (SSSR count). The lowest BCUT2D eigenvalue weighted by atomic mass is 9.69. The number of hydrogen-bond acceptors (Lipinski definition) is 2. The van der Waals surface area contributed by atoms with E-state index in [0.29, 0.717) is 11.5 Å². The predicted molar refractivity (Wildman–Crippen MR) is 75.4 cm³/mol. The maximum atomic E-state index is 6.35. The molecule has 1 heterocycles. The van der Waals surface area contributed by atoms with Gasteiger partial charge in [-0.2, -0.15) is 0 Å². The van der Waals surface area contributed by atoms with Gasteiger partial charge in [-0.05, 0) is 30.6 Å². The molecular weight excluding hydrogens is 222 g/mol. The summed E-state index contributed by atoms with van der Waals surface area (Å²) in [7, 11) is 0. The van der Waals surface area contributed by atoms with Crippen LogP contribution in [0.25, 0.3) is 0 Å². The first kappa shape index (κ1) is 13.6. The molecule has 3 unspecified atom stereocenters. The maximum Gasteiger partial charge on any atom is 0.108 e. The number of aromatic nitrogens is 2. The van der Waals surface area contributed by atoms with Gasteiger partial charge in [0.1, 0.15) is 5.82 Å². The zero-order valence-electron chi connectivity index (χ0n) is 12.2. The van der Waals surface area contributed by atoms with Crippen LogP contribution < -0.4 is 5.73 Å². The molecule has 1 aromatic heterocycles. The molecule has 1 fully saturated rings. The van der Waals surface area contributed by atoms with Gasteiger partial charge in [-0.3, -0.25) is 0 Å². The average molecular weight is 249 g/mol. The minimum atomic E-state index is 0.281. The smallest absolute Gasteiger partial charge is 0.108 e. The summed E-state index contributed by atoms with van der Waals surface area (Å²) >= 11 is 0. The Kier molecular flexibility index (Phi) is 3.81. The number of hydrogen-bond donors (Lipinski definition) is 1. The Labute approximate surface area is 111 Å². The fourth-order valence-corrected chi connectivity index (χ4v) is 3.20. The minimum Gasteiger partial charge on any atom is -0.330 e. The molecule has 0 saturated heterocycles. The molecule has 0 spiro atoms. The molecule has 18 heavy (non-hydrogen) atoms. The zero-order chi connectivity index (χ0) is 13.3. The third kappa shape index (κ3) is 2.61. The highest BCUT2D eigenvalue weighted by molar-refractivity contribution is 5.00. The molecular formula is C15H27N3. The summed E-state index contributed by atoms with van der Waals surface area (Å²) in [4.78, 5) is 4.44. The Morgan fingerprint density at radius 1 is 1.39 bits per heavy atom. The van der Waals surface area contributed by atoms with E-state index in [1.165, 1.54) is 18.7 Å². The van der Waals surface area contributed by atoms with E-state index >= 15 is 0 Å². The van der Waals surface area contributed by atoms with Crippen molar-refractivity contribution in [3.63, 3.8) is 0 Å². The molecule has 3 atom stereocenters. The standard InChI is InChI=1S/C15H27N3/c1-5-14-17-8-9-18(14)13-10-11(15(2,3)4)6-7-12(13)16/h8-9,11-13H,5-7,10,16H2,1-4H3. The van der Waals surface area contributed by atoms with Gasteiger partial charge in [0.25, 0.3) is 0 Å². The van der Waals surface area contributed by atoms with Crippen molar-refractivity contribution >= 4 is 0 Å². The third-order valence-electron chi connectivity index (χ3n) is 4.52. The number of rotatable bonds is 2. The van der Waals surface area contributed by atoms with Gasteiger partial charge in [0.2, 0.25) is 0 Å². The van der Waals surface area contributed by atoms with Crippen LogP contribution in [0.4, 0.5) is 0 Å². The van der Waals surface area contributed by atoms with E-state index in [0.717, 1.165) is 18.8 Å². The van der Waals surface area contributed by atoms with Crippen molar-refractivity contribution in [3.05, 3.63) is 18.2 Å². The van der Waals surface area contributed by atoms with E-state index in [-0.39, 0.29) is 6.04 Å². The number of imidazole rings is 1. The Bertz CT molecular complexity index is 389. The van der Waals surface area contributed by atoms with Gasteiger partial charge in [-0.25, -0.2) is 4.98 Å². The summed E-state index contributed by atoms with van der Waals surface area (Å²) in [5.74, 6) is 1.93. The quantitative estimate of drug-likeness (QED) is 0.875. The molecule has 3 heteroatoms. The van der Waals surface area contributed by atoms with Crippen molar-refractivity contribution in [1.29, 1.82) is 0 Å². The van der Waals surface area contributed by atoms with Gasteiger partial charge in [-0.1, -0.05) is 27.7 Å². The fourth-order valence-electron chi connectivity index (χ4n) is 3.20. The lowest BCUT2D eigenvalue weighted by Crippen LogP contribution is -2.41. The highest BCUT2D eigenvalue weighted by Gasteiger charge is 2.35. The first-order valence-electron chi connectivity index (χ1n) is 7.20. The monoisotopic (exact) mass is 249 g/mol. The Morgan fingerprint density at radius 2 is 2.11 bits per heavy atom. The molecule has 2 N–H and O–H groups in total. The third-order valence-corrected chi connectivity index (χ3v) is 4.52. The summed E-state index contributed by atoms with van der Waals surface area (Å²) in [6, 6.07) is 0.712. The number of nitrogens with two attached hydrogens (primary N) is 1. The van der Waals surface area contributed by atoms with Crippen molar-refractivity contribution in [2.75, 3.05) is 0 Å². The summed E-state index contributed by atoms with van der Waals surface area (Å²) in [6.45, 7) is 9.20. The van der Waals surface area contributed by atoms with E-state index in [1.54, 1.807) is 0 Å². The molecule has 1 saturated carbocycles. The van der Waals surface area contributed by atoms with Gasteiger partial charge in [-0.15, -0.1) is 0 Å². The predicted octanol–water partition coefficient (Wildman–Crippen LogP) is 3.16. The van der Waals surface area contributed by atoms with Gasteiger partial charge in [0.05, 0.1) is 6.04 Å². The van der Waals surface area contributed by atoms with Crippen molar-refractivity contribution in [3.8, 4) is 0 Å². The van der Waals surface area contributed by atoms with Crippen LogP contribution in [-0.2, 0) is 6.42 Å². The number of nitrogens with zero attached hydrogens (tertiary/aromatic N) is 2. The van der Waals surface area contributed by atoms with Crippen LogP contribution in [0.5, 0.6) is 0 Å². The summed E-state index contributed by atoms with van der Waals surface area (Å²) in [5, 5.41) is 0. The SMILES string of the molecule is CCc1nccn1C1CC(C(C)(C)C)CCC1N. The van der Waals surface area contributed by atoms with Crippen molar-refractivity contribution < 1.29 is 0 Å². The average Bonchev–Trinajstić information content (AvgIpc) is 2.76. The Balaban J connectivity index is 2.20. The lowest BCUT2D eigenvalue weighted by Gasteiger charge is -2.41. The molecule has 0 radical (unpaired) electrons. The second-order valence-electron chi connectivity index (χ2n) is 6.71. The molecule has 1 aliphatic rings. The molecule has 3 nitrogen and oxygen atoms in total. The van der Waals surface area contributed by atoms with Crippen molar-refractivity contribution in [2.45, 2.75) is 65.5 Å². The van der Waals surface area contributed by atoms with Gasteiger partial charge in [0, 0.05) is 24.9 Å². The van der Waals surface area contributed by atoms with Crippen LogP contribution in [0.1, 0.15) is 58.8 Å². The Morgan fingerprint density at radius 3 is 2.72 bits per heavy atom. The minimum absolute atomic E-state index is 0.281. The van der Waals surface area contributed by atoms with Crippen LogP contribution in [0.3, 0.4) is 0 Å². The molecule has 1 aliphatic carbocycles. The van der Waals surface area contributed by atoms with Gasteiger partial charge in [0.15, 0.2) is 0 Å². The highest BCUT2D eigenvalue weighted by Crippen LogP contribution is 2.41. The highest BCUT2D eigenvalue weighted by atomic mass is 15.1. The van der Waals surface area contributed by atoms with Gasteiger partial charge >= 0.3 is 0 Å². The maximum absolute atomic E-state index is 6.35. The van der Waals surface area contributed by atoms with Crippen LogP contribution in [0, 0.1) is 11.3 Å². The van der Waals surface area contributed by atoms with E-state index in [4.69, 9.17) is 5.73 Å². The van der Waals surface area contributed by atoms with E-state index in [2.05, 4.69) is 43.4 Å².